The second kappa shape index (κ2) is 2.73. The van der Waals surface area contributed by atoms with E-state index in [1.165, 1.54) is 0 Å². The molecule has 0 saturated carbocycles. The molecule has 74 valence electrons. The molecule has 0 N–H and O–H groups in total. The van der Waals surface area contributed by atoms with E-state index in [0.29, 0.717) is 0 Å². The maximum atomic E-state index is 11.9. The van der Waals surface area contributed by atoms with Crippen molar-refractivity contribution >= 4 is 16.6 Å². The molecular formula is C12H10N2O. The molecule has 0 bridgehead atoms. The topological polar surface area (TPSA) is 26.4 Å². The van der Waals surface area contributed by atoms with Crippen LogP contribution in [0.3, 0.4) is 0 Å². The number of hydrogen-bond donors (Lipinski definition) is 0. The van der Waals surface area contributed by atoms with Crippen LogP contribution < -0.4 is 5.56 Å². The smallest absolute Gasteiger partial charge is 0.275 e. The van der Waals surface area contributed by atoms with Crippen LogP contribution in [0, 0.1) is 0 Å². The first kappa shape index (κ1) is 8.29. The summed E-state index contributed by atoms with van der Waals surface area (Å²) in [5.41, 5.74) is 2.76. The average molecular weight is 198 g/mol. The van der Waals surface area contributed by atoms with Crippen molar-refractivity contribution in [2.75, 3.05) is 0 Å². The van der Waals surface area contributed by atoms with Gasteiger partial charge >= 0.3 is 0 Å². The second-order valence-corrected chi connectivity index (χ2v) is 3.62. The third kappa shape index (κ3) is 0.973. The molecule has 0 aliphatic rings. The number of benzene rings is 1. The van der Waals surface area contributed by atoms with Gasteiger partial charge in [-0.1, -0.05) is 12.1 Å². The van der Waals surface area contributed by atoms with Gasteiger partial charge < -0.3 is 8.97 Å². The quantitative estimate of drug-likeness (QED) is 0.541. The Morgan fingerprint density at radius 1 is 0.933 bits per heavy atom. The minimum atomic E-state index is 0.0405. The van der Waals surface area contributed by atoms with Gasteiger partial charge in [0, 0.05) is 13.2 Å². The van der Waals surface area contributed by atoms with Gasteiger partial charge in [0.15, 0.2) is 0 Å². The molecule has 0 aliphatic heterocycles. The Bertz CT molecular complexity index is 706. The van der Waals surface area contributed by atoms with Gasteiger partial charge in [-0.3, -0.25) is 4.79 Å². The van der Waals surface area contributed by atoms with E-state index in [4.69, 9.17) is 0 Å². The fourth-order valence-corrected chi connectivity index (χ4v) is 2.00. The van der Waals surface area contributed by atoms with Crippen molar-refractivity contribution in [3.8, 4) is 0 Å². The van der Waals surface area contributed by atoms with Gasteiger partial charge in [-0.25, -0.2) is 0 Å². The van der Waals surface area contributed by atoms with Gasteiger partial charge in [0.25, 0.3) is 5.56 Å². The Balaban J connectivity index is 2.77. The van der Waals surface area contributed by atoms with Gasteiger partial charge in [0.2, 0.25) is 0 Å². The van der Waals surface area contributed by atoms with Crippen LogP contribution in [-0.2, 0) is 7.05 Å². The maximum absolute atomic E-state index is 11.9. The molecule has 1 aromatic carbocycles. The minimum Gasteiger partial charge on any atom is -0.310 e. The summed E-state index contributed by atoms with van der Waals surface area (Å²) in [7, 11) is 1.80. The van der Waals surface area contributed by atoms with Crippen molar-refractivity contribution in [1.82, 2.24) is 8.97 Å². The van der Waals surface area contributed by atoms with Crippen molar-refractivity contribution in [2.24, 2.45) is 7.05 Å². The zero-order chi connectivity index (χ0) is 10.4. The number of aryl methyl sites for hydroxylation is 1. The van der Waals surface area contributed by atoms with Gasteiger partial charge in [0.1, 0.15) is 5.52 Å². The first-order valence-electron chi connectivity index (χ1n) is 4.84. The summed E-state index contributed by atoms with van der Waals surface area (Å²) in [5.74, 6) is 0. The predicted molar refractivity (Wildman–Crippen MR) is 60.1 cm³/mol. The Hall–Kier alpha value is -2.03. The minimum absolute atomic E-state index is 0.0405. The summed E-state index contributed by atoms with van der Waals surface area (Å²) < 4.78 is 3.61. The van der Waals surface area contributed by atoms with Crippen LogP contribution >= 0.6 is 0 Å². The van der Waals surface area contributed by atoms with E-state index in [1.54, 1.807) is 11.6 Å². The third-order valence-corrected chi connectivity index (χ3v) is 2.78. The van der Waals surface area contributed by atoms with Gasteiger partial charge in [0.05, 0.1) is 11.0 Å². The first-order chi connectivity index (χ1) is 7.29. The van der Waals surface area contributed by atoms with E-state index < -0.39 is 0 Å². The molecule has 3 rings (SSSR count). The SMILES string of the molecule is Cn1c(=O)c2cccn2c2ccccc21. The predicted octanol–water partition coefficient (Wildman–Crippen LogP) is 1.79. The van der Waals surface area contributed by atoms with Crippen molar-refractivity contribution in [3.63, 3.8) is 0 Å². The summed E-state index contributed by atoms with van der Waals surface area (Å²) in [5, 5.41) is 0. The molecule has 0 amide bonds. The maximum Gasteiger partial charge on any atom is 0.275 e. The summed E-state index contributed by atoms with van der Waals surface area (Å²) in [4.78, 5) is 11.9. The highest BCUT2D eigenvalue weighted by atomic mass is 16.1. The molecule has 3 nitrogen and oxygen atoms in total. The van der Waals surface area contributed by atoms with Crippen LogP contribution in [0.2, 0.25) is 0 Å². The number of para-hydroxylation sites is 2. The van der Waals surface area contributed by atoms with Gasteiger partial charge in [-0.2, -0.15) is 0 Å². The van der Waals surface area contributed by atoms with Gasteiger partial charge in [-0.15, -0.1) is 0 Å². The lowest BCUT2D eigenvalue weighted by Gasteiger charge is -2.07. The summed E-state index contributed by atoms with van der Waals surface area (Å²) >= 11 is 0. The second-order valence-electron chi connectivity index (χ2n) is 3.62. The molecule has 0 saturated heterocycles. The molecule has 0 unspecified atom stereocenters. The molecule has 3 heteroatoms. The van der Waals surface area contributed by atoms with Crippen LogP contribution in [0.5, 0.6) is 0 Å². The summed E-state index contributed by atoms with van der Waals surface area (Å²) in [6.45, 7) is 0. The molecule has 0 aliphatic carbocycles. The molecule has 0 spiro atoms. The number of aromatic nitrogens is 2. The first-order valence-corrected chi connectivity index (χ1v) is 4.84. The highest BCUT2D eigenvalue weighted by Gasteiger charge is 2.05. The largest absolute Gasteiger partial charge is 0.310 e. The molecular weight excluding hydrogens is 188 g/mol. The van der Waals surface area contributed by atoms with Crippen molar-refractivity contribution in [3.05, 3.63) is 52.9 Å². The fourth-order valence-electron chi connectivity index (χ4n) is 2.00. The van der Waals surface area contributed by atoms with Crippen LogP contribution in [0.4, 0.5) is 0 Å². The lowest BCUT2D eigenvalue weighted by molar-refractivity contribution is 0.900. The average Bonchev–Trinajstić information content (AvgIpc) is 2.75. The van der Waals surface area contributed by atoms with E-state index in [2.05, 4.69) is 0 Å². The lowest BCUT2D eigenvalue weighted by atomic mass is 10.3. The highest BCUT2D eigenvalue weighted by Crippen LogP contribution is 2.13. The van der Waals surface area contributed by atoms with Crippen LogP contribution in [0.15, 0.2) is 47.4 Å². The number of rotatable bonds is 0. The zero-order valence-electron chi connectivity index (χ0n) is 8.34. The van der Waals surface area contributed by atoms with E-state index >= 15 is 0 Å². The van der Waals surface area contributed by atoms with E-state index in [9.17, 15) is 4.79 Å². The molecule has 3 aromatic rings. The normalized spacial score (nSPS) is 11.3. The molecule has 2 aromatic heterocycles. The monoisotopic (exact) mass is 198 g/mol. The van der Waals surface area contributed by atoms with Crippen LogP contribution in [0.25, 0.3) is 16.6 Å². The summed E-state index contributed by atoms with van der Waals surface area (Å²) in [6, 6.07) is 11.6. The fraction of sp³-hybridized carbons (Fsp3) is 0.0833. The van der Waals surface area contributed by atoms with Gasteiger partial charge in [-0.05, 0) is 24.3 Å². The number of fused-ring (bicyclic) bond motifs is 3. The Kier molecular flexibility index (Phi) is 1.51. The van der Waals surface area contributed by atoms with Crippen molar-refractivity contribution in [1.29, 1.82) is 0 Å². The third-order valence-electron chi connectivity index (χ3n) is 2.78. The van der Waals surface area contributed by atoms with Crippen molar-refractivity contribution < 1.29 is 0 Å². The number of hydrogen-bond acceptors (Lipinski definition) is 1. The molecule has 0 fully saturated rings. The molecule has 15 heavy (non-hydrogen) atoms. The van der Waals surface area contributed by atoms with E-state index in [1.807, 2.05) is 47.0 Å². The highest BCUT2D eigenvalue weighted by molar-refractivity contribution is 5.78. The Morgan fingerprint density at radius 3 is 2.40 bits per heavy atom. The molecule has 2 heterocycles. The zero-order valence-corrected chi connectivity index (χ0v) is 8.34. The molecule has 0 atom stereocenters. The molecule has 0 radical (unpaired) electrons. The van der Waals surface area contributed by atoms with Crippen LogP contribution in [-0.4, -0.2) is 8.97 Å². The Labute approximate surface area is 86.2 Å². The lowest BCUT2D eigenvalue weighted by Crippen LogP contribution is -2.19. The van der Waals surface area contributed by atoms with E-state index in [-0.39, 0.29) is 5.56 Å². The Morgan fingerprint density at radius 2 is 1.60 bits per heavy atom. The number of nitrogens with zero attached hydrogens (tertiary/aromatic N) is 2. The van der Waals surface area contributed by atoms with Crippen LogP contribution in [0.1, 0.15) is 0 Å². The summed E-state index contributed by atoms with van der Waals surface area (Å²) in [6.07, 6.45) is 1.92. The van der Waals surface area contributed by atoms with Crippen molar-refractivity contribution in [2.45, 2.75) is 0 Å². The van der Waals surface area contributed by atoms with E-state index in [0.717, 1.165) is 16.6 Å². The standard InChI is InChI=1S/C12H10N2O/c1-13-9-5-2-3-6-10(9)14-8-4-7-11(14)12(13)15/h2-8H,1H3.